The van der Waals surface area contributed by atoms with Gasteiger partial charge in [0.05, 0.1) is 0 Å². The minimum atomic E-state index is -1.34. The number of rotatable bonds is 6. The van der Waals surface area contributed by atoms with Gasteiger partial charge in [0.25, 0.3) is 0 Å². The summed E-state index contributed by atoms with van der Waals surface area (Å²) in [7, 11) is 0. The fourth-order valence-electron chi connectivity index (χ4n) is 3.28. The number of benzene rings is 1. The lowest BCUT2D eigenvalue weighted by Crippen LogP contribution is -2.55. The van der Waals surface area contributed by atoms with E-state index >= 15 is 0 Å². The van der Waals surface area contributed by atoms with Gasteiger partial charge in [0.15, 0.2) is 5.54 Å². The van der Waals surface area contributed by atoms with Crippen molar-refractivity contribution in [2.45, 2.75) is 50.6 Å². The first-order chi connectivity index (χ1) is 10.1. The minimum Gasteiger partial charge on any atom is -0.480 e. The van der Waals surface area contributed by atoms with Crippen molar-refractivity contribution in [1.29, 1.82) is 0 Å². The first-order valence-electron chi connectivity index (χ1n) is 7.89. The van der Waals surface area contributed by atoms with Crippen molar-refractivity contribution in [2.24, 2.45) is 5.73 Å². The summed E-state index contributed by atoms with van der Waals surface area (Å²) in [5.74, 6) is -0.956. The molecule has 0 saturated heterocycles. The van der Waals surface area contributed by atoms with Crippen molar-refractivity contribution in [3.8, 4) is 0 Å². The molecule has 0 aromatic heterocycles. The van der Waals surface area contributed by atoms with Crippen LogP contribution in [-0.4, -0.2) is 35.1 Å². The molecule has 1 aliphatic carbocycles. The molecule has 4 nitrogen and oxygen atoms in total. The van der Waals surface area contributed by atoms with E-state index in [-0.39, 0.29) is 0 Å². The van der Waals surface area contributed by atoms with E-state index in [1.165, 1.54) is 19.3 Å². The highest BCUT2D eigenvalue weighted by atomic mass is 16.4. The number of likely N-dealkylation sites (N-methyl/N-ethyl adjacent to an activating group) is 1. The van der Waals surface area contributed by atoms with E-state index in [0.717, 1.165) is 19.4 Å². The molecular weight excluding hydrogens is 264 g/mol. The highest BCUT2D eigenvalue weighted by Gasteiger charge is 2.39. The molecule has 4 heteroatoms. The van der Waals surface area contributed by atoms with Crippen LogP contribution in [0, 0.1) is 0 Å². The number of carboxylic acid groups (broad SMARTS) is 1. The lowest BCUT2D eigenvalue weighted by Gasteiger charge is -2.38. The van der Waals surface area contributed by atoms with Crippen LogP contribution in [0.3, 0.4) is 0 Å². The standard InChI is InChI=1S/C17H26N2O2/c1-2-19(15-11-7-4-8-12-15)13-17(18,16(20)21)14-9-5-3-6-10-14/h3,5-6,9-10,15H,2,4,7-8,11-13,18H2,1H3,(H,20,21). The molecule has 1 aromatic carbocycles. The maximum Gasteiger partial charge on any atom is 0.329 e. The van der Waals surface area contributed by atoms with E-state index in [9.17, 15) is 9.90 Å². The molecule has 0 bridgehead atoms. The van der Waals surface area contributed by atoms with Crippen LogP contribution in [0.2, 0.25) is 0 Å². The third kappa shape index (κ3) is 3.63. The van der Waals surface area contributed by atoms with Crippen LogP contribution >= 0.6 is 0 Å². The van der Waals surface area contributed by atoms with Crippen LogP contribution < -0.4 is 5.73 Å². The Morgan fingerprint density at radius 2 is 1.90 bits per heavy atom. The van der Waals surface area contributed by atoms with Crippen LogP contribution in [0.25, 0.3) is 0 Å². The summed E-state index contributed by atoms with van der Waals surface area (Å²) in [6.07, 6.45) is 6.06. The summed E-state index contributed by atoms with van der Waals surface area (Å²) in [4.78, 5) is 14.1. The molecule has 2 rings (SSSR count). The van der Waals surface area contributed by atoms with Gasteiger partial charge in [-0.3, -0.25) is 4.90 Å². The Morgan fingerprint density at radius 1 is 1.29 bits per heavy atom. The maximum absolute atomic E-state index is 11.8. The van der Waals surface area contributed by atoms with Crippen molar-refractivity contribution >= 4 is 5.97 Å². The minimum absolute atomic E-state index is 0.369. The molecule has 0 spiro atoms. The number of carbonyl (C=O) groups is 1. The Labute approximate surface area is 126 Å². The van der Waals surface area contributed by atoms with Gasteiger partial charge in [-0.2, -0.15) is 0 Å². The van der Waals surface area contributed by atoms with Crippen molar-refractivity contribution in [3.63, 3.8) is 0 Å². The van der Waals surface area contributed by atoms with Gasteiger partial charge in [0, 0.05) is 12.6 Å². The number of carboxylic acids is 1. The van der Waals surface area contributed by atoms with Gasteiger partial charge in [-0.05, 0) is 24.9 Å². The average Bonchev–Trinajstić information content (AvgIpc) is 2.54. The second-order valence-corrected chi connectivity index (χ2v) is 6.00. The lowest BCUT2D eigenvalue weighted by molar-refractivity contribution is -0.145. The van der Waals surface area contributed by atoms with E-state index in [1.807, 2.05) is 30.3 Å². The average molecular weight is 290 g/mol. The molecule has 1 aromatic rings. The van der Waals surface area contributed by atoms with Crippen LogP contribution in [0.1, 0.15) is 44.6 Å². The molecule has 116 valence electrons. The SMILES string of the molecule is CCN(CC(N)(C(=O)O)c1ccccc1)C1CCCCC1. The summed E-state index contributed by atoms with van der Waals surface area (Å²) in [6.45, 7) is 3.29. The Kier molecular flexibility index (Phi) is 5.37. The zero-order valence-electron chi connectivity index (χ0n) is 12.8. The Hall–Kier alpha value is -1.39. The van der Waals surface area contributed by atoms with Gasteiger partial charge in [-0.1, -0.05) is 56.5 Å². The summed E-state index contributed by atoms with van der Waals surface area (Å²) in [5.41, 5.74) is 5.64. The molecule has 1 fully saturated rings. The molecule has 0 aliphatic heterocycles. The Bertz CT molecular complexity index is 457. The van der Waals surface area contributed by atoms with Crippen molar-refractivity contribution < 1.29 is 9.90 Å². The molecule has 1 saturated carbocycles. The first-order valence-corrected chi connectivity index (χ1v) is 7.89. The number of nitrogens with zero attached hydrogens (tertiary/aromatic N) is 1. The molecule has 21 heavy (non-hydrogen) atoms. The Morgan fingerprint density at radius 3 is 2.43 bits per heavy atom. The zero-order valence-corrected chi connectivity index (χ0v) is 12.8. The third-order valence-corrected chi connectivity index (χ3v) is 4.62. The second-order valence-electron chi connectivity index (χ2n) is 6.00. The fourth-order valence-corrected chi connectivity index (χ4v) is 3.28. The van der Waals surface area contributed by atoms with E-state index in [1.54, 1.807) is 0 Å². The van der Waals surface area contributed by atoms with Crippen molar-refractivity contribution in [2.75, 3.05) is 13.1 Å². The maximum atomic E-state index is 11.8. The predicted octanol–water partition coefficient (Wildman–Crippen LogP) is 2.58. The smallest absolute Gasteiger partial charge is 0.329 e. The summed E-state index contributed by atoms with van der Waals surface area (Å²) >= 11 is 0. The van der Waals surface area contributed by atoms with Crippen LogP contribution in [0.15, 0.2) is 30.3 Å². The largest absolute Gasteiger partial charge is 0.480 e. The van der Waals surface area contributed by atoms with E-state index < -0.39 is 11.5 Å². The van der Waals surface area contributed by atoms with E-state index in [0.29, 0.717) is 18.2 Å². The van der Waals surface area contributed by atoms with E-state index in [4.69, 9.17) is 5.73 Å². The molecule has 1 unspecified atom stereocenters. The van der Waals surface area contributed by atoms with Crippen LogP contribution in [0.4, 0.5) is 0 Å². The highest BCUT2D eigenvalue weighted by molar-refractivity contribution is 5.80. The molecule has 1 aliphatic rings. The number of nitrogens with two attached hydrogens (primary N) is 1. The molecule has 1 atom stereocenters. The monoisotopic (exact) mass is 290 g/mol. The van der Waals surface area contributed by atoms with E-state index in [2.05, 4.69) is 11.8 Å². The van der Waals surface area contributed by atoms with Gasteiger partial charge < -0.3 is 10.8 Å². The fraction of sp³-hybridized carbons (Fsp3) is 0.588. The molecule has 0 heterocycles. The lowest BCUT2D eigenvalue weighted by atomic mass is 9.88. The zero-order chi connectivity index (χ0) is 15.3. The van der Waals surface area contributed by atoms with Gasteiger partial charge in [-0.25, -0.2) is 4.79 Å². The number of hydrogen-bond donors (Lipinski definition) is 2. The third-order valence-electron chi connectivity index (χ3n) is 4.62. The number of hydrogen-bond acceptors (Lipinski definition) is 3. The number of aliphatic carboxylic acids is 1. The Balaban J connectivity index is 2.20. The normalized spacial score (nSPS) is 19.4. The quantitative estimate of drug-likeness (QED) is 0.845. The highest BCUT2D eigenvalue weighted by Crippen LogP contribution is 2.26. The molecular formula is C17H26N2O2. The van der Waals surface area contributed by atoms with Crippen LogP contribution in [-0.2, 0) is 10.3 Å². The van der Waals surface area contributed by atoms with Crippen molar-refractivity contribution in [1.82, 2.24) is 4.90 Å². The van der Waals surface area contributed by atoms with Gasteiger partial charge in [-0.15, -0.1) is 0 Å². The summed E-state index contributed by atoms with van der Waals surface area (Å²) < 4.78 is 0. The molecule has 0 amide bonds. The topological polar surface area (TPSA) is 66.6 Å². The second kappa shape index (κ2) is 7.05. The summed E-state index contributed by atoms with van der Waals surface area (Å²) in [6, 6.07) is 9.65. The van der Waals surface area contributed by atoms with Gasteiger partial charge in [0.1, 0.15) is 0 Å². The van der Waals surface area contributed by atoms with Crippen LogP contribution in [0.5, 0.6) is 0 Å². The van der Waals surface area contributed by atoms with Gasteiger partial charge >= 0.3 is 5.97 Å². The van der Waals surface area contributed by atoms with Gasteiger partial charge in [0.2, 0.25) is 0 Å². The van der Waals surface area contributed by atoms with Crippen molar-refractivity contribution in [3.05, 3.63) is 35.9 Å². The molecule has 3 N–H and O–H groups in total. The molecule has 0 radical (unpaired) electrons. The first kappa shape index (κ1) is 16.0. The predicted molar refractivity (Wildman–Crippen MR) is 84.1 cm³/mol. The summed E-state index contributed by atoms with van der Waals surface area (Å²) in [5, 5.41) is 9.68.